The van der Waals surface area contributed by atoms with Gasteiger partial charge in [0.1, 0.15) is 4.60 Å². The van der Waals surface area contributed by atoms with Crippen molar-refractivity contribution in [1.29, 1.82) is 0 Å². The maximum absolute atomic E-state index is 11.8. The molecule has 0 aliphatic rings. The minimum absolute atomic E-state index is 0.0625. The Kier molecular flexibility index (Phi) is 1.72. The SMILES string of the molecule is FC(F)(F)n1nccc1Br. The first kappa shape index (κ1) is 7.59. The first-order chi connectivity index (χ1) is 4.52. The normalized spacial score (nSPS) is 12.0. The Hall–Kier alpha value is -0.520. The molecule has 0 aliphatic heterocycles. The molecule has 2 nitrogen and oxygen atoms in total. The number of rotatable bonds is 0. The Morgan fingerprint density at radius 1 is 1.50 bits per heavy atom. The summed E-state index contributed by atoms with van der Waals surface area (Å²) in [7, 11) is 0. The molecule has 1 rings (SSSR count). The van der Waals surface area contributed by atoms with Gasteiger partial charge in [-0.25, -0.2) is 0 Å². The van der Waals surface area contributed by atoms with Crippen LogP contribution in [0, 0.1) is 0 Å². The highest BCUT2D eigenvalue weighted by molar-refractivity contribution is 9.10. The second-order valence-corrected chi connectivity index (χ2v) is 2.35. The predicted octanol–water partition coefficient (Wildman–Crippen LogP) is 2.12. The lowest BCUT2D eigenvalue weighted by atomic mass is 10.7. The maximum atomic E-state index is 11.8. The fourth-order valence-electron chi connectivity index (χ4n) is 0.474. The van der Waals surface area contributed by atoms with Crippen molar-refractivity contribution in [2.45, 2.75) is 6.30 Å². The fourth-order valence-corrected chi connectivity index (χ4v) is 0.885. The van der Waals surface area contributed by atoms with Crippen molar-refractivity contribution in [2.75, 3.05) is 0 Å². The zero-order valence-corrected chi connectivity index (χ0v) is 6.15. The van der Waals surface area contributed by atoms with E-state index in [1.165, 1.54) is 6.07 Å². The molecule has 56 valence electrons. The number of halogens is 4. The monoisotopic (exact) mass is 214 g/mol. The standard InChI is InChI=1S/C4H2BrF3N2/c5-3-1-2-9-10(3)4(6,7)8/h1-2H. The quantitative estimate of drug-likeness (QED) is 0.647. The van der Waals surface area contributed by atoms with Crippen LogP contribution >= 0.6 is 15.9 Å². The van der Waals surface area contributed by atoms with Gasteiger partial charge in [-0.15, -0.1) is 13.2 Å². The molecule has 0 radical (unpaired) electrons. The predicted molar refractivity (Wildman–Crippen MR) is 31.2 cm³/mol. The minimum Gasteiger partial charge on any atom is -0.173 e. The highest BCUT2D eigenvalue weighted by Crippen LogP contribution is 2.25. The molecule has 0 bridgehead atoms. The van der Waals surface area contributed by atoms with Gasteiger partial charge in [0, 0.05) is 0 Å². The molecule has 0 saturated heterocycles. The third-order valence-corrected chi connectivity index (χ3v) is 1.44. The fraction of sp³-hybridized carbons (Fsp3) is 0.250. The van der Waals surface area contributed by atoms with E-state index in [2.05, 4.69) is 21.0 Å². The summed E-state index contributed by atoms with van der Waals surface area (Å²) in [5.41, 5.74) is 0. The van der Waals surface area contributed by atoms with E-state index in [1.807, 2.05) is 0 Å². The zero-order chi connectivity index (χ0) is 7.78. The van der Waals surface area contributed by atoms with Crippen molar-refractivity contribution in [3.63, 3.8) is 0 Å². The number of aromatic nitrogens is 2. The van der Waals surface area contributed by atoms with Gasteiger partial charge in [0.15, 0.2) is 0 Å². The van der Waals surface area contributed by atoms with Gasteiger partial charge in [0.2, 0.25) is 0 Å². The van der Waals surface area contributed by atoms with E-state index in [-0.39, 0.29) is 9.28 Å². The first-order valence-corrected chi connectivity index (χ1v) is 3.08. The van der Waals surface area contributed by atoms with Crippen molar-refractivity contribution < 1.29 is 13.2 Å². The molecule has 1 aromatic rings. The van der Waals surface area contributed by atoms with Crippen molar-refractivity contribution in [2.24, 2.45) is 0 Å². The number of hydrogen-bond acceptors (Lipinski definition) is 1. The van der Waals surface area contributed by atoms with Crippen LogP contribution in [0.1, 0.15) is 0 Å². The summed E-state index contributed by atoms with van der Waals surface area (Å²) in [6.07, 6.45) is -3.36. The second-order valence-electron chi connectivity index (χ2n) is 1.53. The summed E-state index contributed by atoms with van der Waals surface area (Å²) >= 11 is 2.68. The zero-order valence-electron chi connectivity index (χ0n) is 4.56. The van der Waals surface area contributed by atoms with Gasteiger partial charge in [0.25, 0.3) is 0 Å². The van der Waals surface area contributed by atoms with Gasteiger partial charge in [0.05, 0.1) is 6.20 Å². The van der Waals surface area contributed by atoms with Gasteiger partial charge in [-0.3, -0.25) is 0 Å². The van der Waals surface area contributed by atoms with Crippen LogP contribution in [0.15, 0.2) is 16.9 Å². The maximum Gasteiger partial charge on any atom is 0.505 e. The van der Waals surface area contributed by atoms with Crippen LogP contribution in [0.2, 0.25) is 0 Å². The van der Waals surface area contributed by atoms with Crippen LogP contribution in [0.25, 0.3) is 0 Å². The topological polar surface area (TPSA) is 17.8 Å². The molecule has 0 atom stereocenters. The van der Waals surface area contributed by atoms with Gasteiger partial charge in [-0.1, -0.05) is 0 Å². The van der Waals surface area contributed by atoms with E-state index in [4.69, 9.17) is 0 Å². The van der Waals surface area contributed by atoms with Crippen molar-refractivity contribution >= 4 is 15.9 Å². The molecule has 0 spiro atoms. The lowest BCUT2D eigenvalue weighted by Gasteiger charge is -2.05. The molecule has 0 fully saturated rings. The lowest BCUT2D eigenvalue weighted by Crippen LogP contribution is -2.18. The molecule has 0 unspecified atom stereocenters. The van der Waals surface area contributed by atoms with Gasteiger partial charge in [-0.05, 0) is 22.0 Å². The van der Waals surface area contributed by atoms with Crippen LogP contribution in [0.3, 0.4) is 0 Å². The highest BCUT2D eigenvalue weighted by Gasteiger charge is 2.32. The average Bonchev–Trinajstić information content (AvgIpc) is 2.11. The summed E-state index contributed by atoms with van der Waals surface area (Å²) < 4.78 is 35.1. The van der Waals surface area contributed by atoms with Gasteiger partial charge >= 0.3 is 6.30 Å². The molecule has 6 heteroatoms. The van der Waals surface area contributed by atoms with E-state index in [9.17, 15) is 13.2 Å². The van der Waals surface area contributed by atoms with Gasteiger partial charge < -0.3 is 0 Å². The summed E-state index contributed by atoms with van der Waals surface area (Å²) in [5, 5.41) is 3.03. The minimum atomic E-state index is -4.43. The lowest BCUT2D eigenvalue weighted by molar-refractivity contribution is -0.213. The second kappa shape index (κ2) is 2.26. The average molecular weight is 215 g/mol. The Labute approximate surface area is 62.8 Å². The molecule has 1 heterocycles. The molecular formula is C4H2BrF3N2. The van der Waals surface area contributed by atoms with Crippen molar-refractivity contribution in [1.82, 2.24) is 9.78 Å². The molecule has 0 aromatic carbocycles. The van der Waals surface area contributed by atoms with E-state index < -0.39 is 6.30 Å². The summed E-state index contributed by atoms with van der Waals surface area (Å²) in [6.45, 7) is 0. The smallest absolute Gasteiger partial charge is 0.173 e. The first-order valence-electron chi connectivity index (χ1n) is 2.28. The number of nitrogens with zero attached hydrogens (tertiary/aromatic N) is 2. The van der Waals surface area contributed by atoms with Crippen LogP contribution in [0.5, 0.6) is 0 Å². The Morgan fingerprint density at radius 3 is 2.30 bits per heavy atom. The Morgan fingerprint density at radius 2 is 2.10 bits per heavy atom. The Bertz CT molecular complexity index is 229. The molecule has 0 N–H and O–H groups in total. The van der Waals surface area contributed by atoms with E-state index in [0.29, 0.717) is 0 Å². The van der Waals surface area contributed by atoms with Crippen molar-refractivity contribution in [3.8, 4) is 0 Å². The van der Waals surface area contributed by atoms with E-state index in [1.54, 1.807) is 0 Å². The molecule has 0 amide bonds. The van der Waals surface area contributed by atoms with Crippen LogP contribution in [-0.4, -0.2) is 9.78 Å². The molecular weight excluding hydrogens is 213 g/mol. The van der Waals surface area contributed by atoms with E-state index in [0.717, 1.165) is 6.20 Å². The number of hydrogen-bond donors (Lipinski definition) is 0. The molecule has 10 heavy (non-hydrogen) atoms. The number of alkyl halides is 3. The van der Waals surface area contributed by atoms with E-state index >= 15 is 0 Å². The van der Waals surface area contributed by atoms with Crippen LogP contribution < -0.4 is 0 Å². The third kappa shape index (κ3) is 1.31. The van der Waals surface area contributed by atoms with Crippen molar-refractivity contribution in [3.05, 3.63) is 16.9 Å². The largest absolute Gasteiger partial charge is 0.505 e. The van der Waals surface area contributed by atoms with Crippen LogP contribution in [0.4, 0.5) is 13.2 Å². The highest BCUT2D eigenvalue weighted by atomic mass is 79.9. The molecule has 0 aliphatic carbocycles. The summed E-state index contributed by atoms with van der Waals surface area (Å²) in [6, 6.07) is 1.22. The molecule has 1 aromatic heterocycles. The summed E-state index contributed by atoms with van der Waals surface area (Å²) in [5.74, 6) is 0. The van der Waals surface area contributed by atoms with Crippen LogP contribution in [-0.2, 0) is 6.30 Å². The Balaban J connectivity index is 3.05. The van der Waals surface area contributed by atoms with Gasteiger partial charge in [-0.2, -0.15) is 9.78 Å². The summed E-state index contributed by atoms with van der Waals surface area (Å²) in [4.78, 5) is 0. The third-order valence-electron chi connectivity index (χ3n) is 0.837. The molecule has 0 saturated carbocycles.